The molecule has 0 spiro atoms. The molecule has 1 heterocycles. The van der Waals surface area contributed by atoms with Crippen molar-refractivity contribution in [1.29, 1.82) is 0 Å². The van der Waals surface area contributed by atoms with E-state index in [-0.39, 0.29) is 6.61 Å². The lowest BCUT2D eigenvalue weighted by Gasteiger charge is -2.43. The number of hydrogen-bond donors (Lipinski definition) is 0. The maximum Gasteiger partial charge on any atom is 0.339 e. The van der Waals surface area contributed by atoms with Crippen molar-refractivity contribution in [2.24, 2.45) is 0 Å². The number of carbonyl (C=O) groups is 4. The number of rotatable bonds is 7. The lowest BCUT2D eigenvalue weighted by atomic mass is 9.97. The van der Waals surface area contributed by atoms with Gasteiger partial charge in [-0.3, -0.25) is 14.4 Å². The number of benzene rings is 1. The van der Waals surface area contributed by atoms with Gasteiger partial charge in [-0.05, 0) is 5.56 Å². The summed E-state index contributed by atoms with van der Waals surface area (Å²) in [6.45, 7) is 3.42. The molecule has 164 valence electrons. The maximum atomic E-state index is 12.3. The minimum absolute atomic E-state index is 0.0438. The fourth-order valence-electron chi connectivity index (χ4n) is 2.97. The molecule has 0 unspecified atom stereocenters. The standard InChI is InChI=1S/C20H24O10/c1-11(21)27-15-16(28-12(2)22)18(29-13(3)23)20(30-17(15)19(24)25-4)26-10-14-8-6-5-7-9-14/h5-9,15-18,20H,10H2,1-4H3/t15-,16-,17-,18+,20-/m0/s1. The van der Waals surface area contributed by atoms with Crippen LogP contribution in [0.4, 0.5) is 0 Å². The predicted octanol–water partition coefficient (Wildman–Crippen LogP) is 0.896. The molecule has 0 N–H and O–H groups in total. The molecule has 1 aromatic rings. The van der Waals surface area contributed by atoms with Crippen molar-refractivity contribution in [1.82, 2.24) is 0 Å². The smallest absolute Gasteiger partial charge is 0.339 e. The van der Waals surface area contributed by atoms with E-state index in [9.17, 15) is 19.2 Å². The van der Waals surface area contributed by atoms with E-state index in [1.165, 1.54) is 0 Å². The van der Waals surface area contributed by atoms with Crippen molar-refractivity contribution in [2.75, 3.05) is 7.11 Å². The summed E-state index contributed by atoms with van der Waals surface area (Å²) in [6.07, 6.45) is -6.88. The summed E-state index contributed by atoms with van der Waals surface area (Å²) in [7, 11) is 1.12. The van der Waals surface area contributed by atoms with Crippen LogP contribution in [0.15, 0.2) is 30.3 Å². The molecule has 0 bridgehead atoms. The normalized spacial score (nSPS) is 25.7. The van der Waals surface area contributed by atoms with Crippen LogP contribution in [0, 0.1) is 0 Å². The monoisotopic (exact) mass is 424 g/mol. The molecule has 1 aliphatic heterocycles. The molecule has 0 radical (unpaired) electrons. The fraction of sp³-hybridized carbons (Fsp3) is 0.500. The minimum Gasteiger partial charge on any atom is -0.467 e. The zero-order chi connectivity index (χ0) is 22.3. The van der Waals surface area contributed by atoms with E-state index in [0.717, 1.165) is 33.4 Å². The van der Waals surface area contributed by atoms with Crippen LogP contribution in [0.3, 0.4) is 0 Å². The van der Waals surface area contributed by atoms with Crippen molar-refractivity contribution in [3.8, 4) is 0 Å². The van der Waals surface area contributed by atoms with Crippen LogP contribution in [-0.4, -0.2) is 61.7 Å². The highest BCUT2D eigenvalue weighted by Gasteiger charge is 2.55. The zero-order valence-electron chi connectivity index (χ0n) is 17.1. The van der Waals surface area contributed by atoms with Crippen molar-refractivity contribution in [3.63, 3.8) is 0 Å². The van der Waals surface area contributed by atoms with Gasteiger partial charge in [-0.1, -0.05) is 30.3 Å². The molecular formula is C20H24O10. The van der Waals surface area contributed by atoms with Crippen LogP contribution >= 0.6 is 0 Å². The number of esters is 4. The molecule has 10 heteroatoms. The molecule has 30 heavy (non-hydrogen) atoms. The molecule has 1 aromatic carbocycles. The van der Waals surface area contributed by atoms with Crippen LogP contribution in [0.1, 0.15) is 26.3 Å². The van der Waals surface area contributed by atoms with Gasteiger partial charge in [0.15, 0.2) is 30.7 Å². The SMILES string of the molecule is COC(=O)[C@H]1O[C@H](OCc2ccccc2)[C@H](OC(C)=O)[C@@H](OC(C)=O)[C@@H]1OC(C)=O. The second-order valence-corrected chi connectivity index (χ2v) is 6.47. The highest BCUT2D eigenvalue weighted by molar-refractivity contribution is 5.77. The van der Waals surface area contributed by atoms with Crippen LogP contribution in [0.2, 0.25) is 0 Å². The van der Waals surface area contributed by atoms with Gasteiger partial charge in [0.2, 0.25) is 0 Å². The van der Waals surface area contributed by atoms with Crippen LogP contribution < -0.4 is 0 Å². The number of hydrogen-bond acceptors (Lipinski definition) is 10. The number of carbonyl (C=O) groups excluding carboxylic acids is 4. The van der Waals surface area contributed by atoms with Crippen LogP contribution in [0.25, 0.3) is 0 Å². The van der Waals surface area contributed by atoms with Crippen molar-refractivity contribution >= 4 is 23.9 Å². The largest absolute Gasteiger partial charge is 0.467 e. The van der Waals surface area contributed by atoms with Gasteiger partial charge in [0.1, 0.15) is 0 Å². The summed E-state index contributed by atoms with van der Waals surface area (Å²) in [4.78, 5) is 47.3. The molecule has 1 saturated heterocycles. The zero-order valence-corrected chi connectivity index (χ0v) is 17.1. The molecule has 0 amide bonds. The Kier molecular flexibility index (Phi) is 8.31. The van der Waals surface area contributed by atoms with E-state index in [1.807, 2.05) is 6.07 Å². The molecular weight excluding hydrogens is 400 g/mol. The van der Waals surface area contributed by atoms with E-state index < -0.39 is 54.6 Å². The minimum atomic E-state index is -1.48. The van der Waals surface area contributed by atoms with Gasteiger partial charge in [-0.25, -0.2) is 4.79 Å². The van der Waals surface area contributed by atoms with Gasteiger partial charge >= 0.3 is 23.9 Å². The van der Waals surface area contributed by atoms with E-state index in [4.69, 9.17) is 28.4 Å². The van der Waals surface area contributed by atoms with E-state index >= 15 is 0 Å². The Morgan fingerprint density at radius 3 is 1.90 bits per heavy atom. The van der Waals surface area contributed by atoms with Crippen molar-refractivity contribution < 1.29 is 47.6 Å². The Hall–Kier alpha value is -2.98. The maximum absolute atomic E-state index is 12.3. The Balaban J connectivity index is 2.39. The Morgan fingerprint density at radius 2 is 1.37 bits per heavy atom. The van der Waals surface area contributed by atoms with Crippen LogP contribution in [0.5, 0.6) is 0 Å². The van der Waals surface area contributed by atoms with Gasteiger partial charge < -0.3 is 28.4 Å². The van der Waals surface area contributed by atoms with Gasteiger partial charge in [-0.2, -0.15) is 0 Å². The first-order valence-electron chi connectivity index (χ1n) is 9.13. The third kappa shape index (κ3) is 6.26. The molecule has 5 atom stereocenters. The van der Waals surface area contributed by atoms with Gasteiger partial charge in [0.05, 0.1) is 13.7 Å². The molecule has 0 aliphatic carbocycles. The second kappa shape index (κ2) is 10.7. The van der Waals surface area contributed by atoms with Gasteiger partial charge in [0.25, 0.3) is 0 Å². The molecule has 0 aromatic heterocycles. The number of ether oxygens (including phenoxy) is 6. The molecule has 0 saturated carbocycles. The lowest BCUT2D eigenvalue weighted by molar-refractivity contribution is -0.304. The topological polar surface area (TPSA) is 124 Å². The van der Waals surface area contributed by atoms with E-state index in [1.54, 1.807) is 24.3 Å². The first-order valence-corrected chi connectivity index (χ1v) is 9.13. The van der Waals surface area contributed by atoms with Crippen LogP contribution in [-0.2, 0) is 54.2 Å². The summed E-state index contributed by atoms with van der Waals surface area (Å²) >= 11 is 0. The summed E-state index contributed by atoms with van der Waals surface area (Å²) in [5, 5.41) is 0. The Morgan fingerprint density at radius 1 is 0.833 bits per heavy atom. The second-order valence-electron chi connectivity index (χ2n) is 6.47. The number of methoxy groups -OCH3 is 1. The van der Waals surface area contributed by atoms with E-state index in [0.29, 0.717) is 0 Å². The highest BCUT2D eigenvalue weighted by atomic mass is 16.7. The predicted molar refractivity (Wildman–Crippen MR) is 98.6 cm³/mol. The van der Waals surface area contributed by atoms with Crippen molar-refractivity contribution in [2.45, 2.75) is 58.1 Å². The summed E-state index contributed by atoms with van der Waals surface area (Å²) in [5.41, 5.74) is 0.781. The van der Waals surface area contributed by atoms with E-state index in [2.05, 4.69) is 0 Å². The average Bonchev–Trinajstić information content (AvgIpc) is 2.68. The average molecular weight is 424 g/mol. The first kappa shape index (κ1) is 23.3. The first-order chi connectivity index (χ1) is 14.2. The molecule has 10 nitrogen and oxygen atoms in total. The molecule has 1 aliphatic rings. The third-order valence-corrected chi connectivity index (χ3v) is 4.09. The summed E-state index contributed by atoms with van der Waals surface area (Å²) < 4.78 is 31.8. The third-order valence-electron chi connectivity index (χ3n) is 4.09. The van der Waals surface area contributed by atoms with Gasteiger partial charge in [0, 0.05) is 20.8 Å². The Labute approximate surface area is 173 Å². The fourth-order valence-corrected chi connectivity index (χ4v) is 2.97. The molecule has 2 rings (SSSR count). The highest BCUT2D eigenvalue weighted by Crippen LogP contribution is 2.30. The Bertz CT molecular complexity index is 762. The molecule has 1 fully saturated rings. The van der Waals surface area contributed by atoms with Gasteiger partial charge in [-0.15, -0.1) is 0 Å². The van der Waals surface area contributed by atoms with Crippen molar-refractivity contribution in [3.05, 3.63) is 35.9 Å². The summed E-state index contributed by atoms with van der Waals surface area (Å²) in [6, 6.07) is 9.04. The lowest BCUT2D eigenvalue weighted by Crippen LogP contribution is -2.63. The quantitative estimate of drug-likeness (QED) is 0.460. The summed E-state index contributed by atoms with van der Waals surface area (Å²) in [5.74, 6) is -3.11.